The lowest BCUT2D eigenvalue weighted by Crippen LogP contribution is -2.32. The van der Waals surface area contributed by atoms with Crippen LogP contribution in [0, 0.1) is 0 Å². The van der Waals surface area contributed by atoms with Crippen molar-refractivity contribution >= 4 is 6.29 Å². The van der Waals surface area contributed by atoms with Crippen molar-refractivity contribution in [1.29, 1.82) is 0 Å². The predicted octanol–water partition coefficient (Wildman–Crippen LogP) is 2.86. The lowest BCUT2D eigenvalue weighted by Gasteiger charge is -2.30. The molecule has 0 spiro atoms. The molecule has 1 aromatic heterocycles. The highest BCUT2D eigenvalue weighted by atomic mass is 16.3. The molecule has 88 valence electrons. The van der Waals surface area contributed by atoms with Gasteiger partial charge in [0.1, 0.15) is 5.76 Å². The van der Waals surface area contributed by atoms with Gasteiger partial charge in [0, 0.05) is 6.04 Å². The normalized spacial score (nSPS) is 17.9. The maximum Gasteiger partial charge on any atom is 0.185 e. The first-order valence-corrected chi connectivity index (χ1v) is 6.03. The molecule has 16 heavy (non-hydrogen) atoms. The Morgan fingerprint density at radius 3 is 2.75 bits per heavy atom. The molecular formula is C13H19NO2. The van der Waals surface area contributed by atoms with Crippen molar-refractivity contribution < 1.29 is 9.21 Å². The van der Waals surface area contributed by atoms with E-state index in [1.807, 2.05) is 6.07 Å². The molecular weight excluding hydrogens is 202 g/mol. The third-order valence-corrected chi connectivity index (χ3v) is 3.40. The third-order valence-electron chi connectivity index (χ3n) is 3.40. The molecule has 1 fully saturated rings. The van der Waals surface area contributed by atoms with Crippen molar-refractivity contribution in [3.05, 3.63) is 23.7 Å². The third kappa shape index (κ3) is 2.73. The zero-order valence-electron chi connectivity index (χ0n) is 9.82. The topological polar surface area (TPSA) is 33.5 Å². The average molecular weight is 221 g/mol. The van der Waals surface area contributed by atoms with Gasteiger partial charge in [0.2, 0.25) is 0 Å². The number of carbonyl (C=O) groups is 1. The van der Waals surface area contributed by atoms with Crippen LogP contribution in [0.2, 0.25) is 0 Å². The highest BCUT2D eigenvalue weighted by molar-refractivity contribution is 5.70. The van der Waals surface area contributed by atoms with E-state index in [0.29, 0.717) is 11.8 Å². The van der Waals surface area contributed by atoms with Gasteiger partial charge in [-0.05, 0) is 32.0 Å². The van der Waals surface area contributed by atoms with Crippen molar-refractivity contribution in [1.82, 2.24) is 4.90 Å². The van der Waals surface area contributed by atoms with Crippen LogP contribution in [0.3, 0.4) is 0 Å². The summed E-state index contributed by atoms with van der Waals surface area (Å²) in [7, 11) is 2.14. The van der Waals surface area contributed by atoms with Crippen LogP contribution in [0.5, 0.6) is 0 Å². The summed E-state index contributed by atoms with van der Waals surface area (Å²) in [6.45, 7) is 0.804. The van der Waals surface area contributed by atoms with Gasteiger partial charge >= 0.3 is 0 Å². The van der Waals surface area contributed by atoms with Gasteiger partial charge in [-0.3, -0.25) is 9.69 Å². The Hall–Kier alpha value is -1.09. The summed E-state index contributed by atoms with van der Waals surface area (Å²) in [5, 5.41) is 0. The van der Waals surface area contributed by atoms with Gasteiger partial charge in [-0.2, -0.15) is 0 Å². The molecule has 1 heterocycles. The van der Waals surface area contributed by atoms with Crippen LogP contribution in [-0.4, -0.2) is 24.3 Å². The minimum Gasteiger partial charge on any atom is -0.457 e. The molecule has 3 heteroatoms. The molecule has 1 aliphatic carbocycles. The number of furan rings is 1. The molecule has 0 aliphatic heterocycles. The summed E-state index contributed by atoms with van der Waals surface area (Å²) in [5.41, 5.74) is 0. The minimum atomic E-state index is 0.423. The van der Waals surface area contributed by atoms with Crippen LogP contribution in [0.25, 0.3) is 0 Å². The number of rotatable bonds is 4. The fraction of sp³-hybridized carbons (Fsp3) is 0.615. The Kier molecular flexibility index (Phi) is 3.78. The Morgan fingerprint density at radius 2 is 2.12 bits per heavy atom. The van der Waals surface area contributed by atoms with E-state index in [0.717, 1.165) is 18.6 Å². The van der Waals surface area contributed by atoms with Crippen LogP contribution in [0.1, 0.15) is 48.4 Å². The van der Waals surface area contributed by atoms with Crippen molar-refractivity contribution in [3.63, 3.8) is 0 Å². The molecule has 2 rings (SSSR count). The molecule has 0 radical (unpaired) electrons. The molecule has 1 aromatic rings. The predicted molar refractivity (Wildman–Crippen MR) is 62.4 cm³/mol. The molecule has 0 atom stereocenters. The number of nitrogens with zero attached hydrogens (tertiary/aromatic N) is 1. The Labute approximate surface area is 96.4 Å². The quantitative estimate of drug-likeness (QED) is 0.733. The van der Waals surface area contributed by atoms with Crippen LogP contribution in [0.15, 0.2) is 16.5 Å². The largest absolute Gasteiger partial charge is 0.457 e. The summed E-state index contributed by atoms with van der Waals surface area (Å²) >= 11 is 0. The maximum atomic E-state index is 10.5. The zero-order chi connectivity index (χ0) is 11.4. The molecule has 0 bridgehead atoms. The number of aldehydes is 1. The number of hydrogen-bond donors (Lipinski definition) is 0. The monoisotopic (exact) mass is 221 g/mol. The minimum absolute atomic E-state index is 0.423. The van der Waals surface area contributed by atoms with Gasteiger partial charge in [0.25, 0.3) is 0 Å². The Balaban J connectivity index is 1.90. The summed E-state index contributed by atoms with van der Waals surface area (Å²) in [4.78, 5) is 12.8. The first-order valence-electron chi connectivity index (χ1n) is 6.03. The van der Waals surface area contributed by atoms with E-state index in [1.165, 1.54) is 32.1 Å². The van der Waals surface area contributed by atoms with Gasteiger partial charge in [-0.15, -0.1) is 0 Å². The van der Waals surface area contributed by atoms with Crippen LogP contribution in [0.4, 0.5) is 0 Å². The number of hydrogen-bond acceptors (Lipinski definition) is 3. The second kappa shape index (κ2) is 5.30. The fourth-order valence-electron chi connectivity index (χ4n) is 2.44. The average Bonchev–Trinajstić information content (AvgIpc) is 2.78. The number of carbonyl (C=O) groups excluding carboxylic acids is 1. The zero-order valence-corrected chi connectivity index (χ0v) is 9.82. The first kappa shape index (κ1) is 11.4. The summed E-state index contributed by atoms with van der Waals surface area (Å²) < 4.78 is 5.38. The van der Waals surface area contributed by atoms with Crippen LogP contribution in [-0.2, 0) is 6.54 Å². The van der Waals surface area contributed by atoms with E-state index in [4.69, 9.17) is 4.42 Å². The van der Waals surface area contributed by atoms with Crippen molar-refractivity contribution in [3.8, 4) is 0 Å². The second-order valence-electron chi connectivity index (χ2n) is 4.63. The van der Waals surface area contributed by atoms with Gasteiger partial charge in [-0.25, -0.2) is 0 Å². The fourth-order valence-corrected chi connectivity index (χ4v) is 2.44. The van der Waals surface area contributed by atoms with Crippen molar-refractivity contribution in [2.24, 2.45) is 0 Å². The van der Waals surface area contributed by atoms with Gasteiger partial charge in [0.15, 0.2) is 12.0 Å². The molecule has 0 aromatic carbocycles. The lowest BCUT2D eigenvalue weighted by molar-refractivity contribution is 0.109. The van der Waals surface area contributed by atoms with Gasteiger partial charge in [-0.1, -0.05) is 19.3 Å². The van der Waals surface area contributed by atoms with Crippen LogP contribution >= 0.6 is 0 Å². The SMILES string of the molecule is CN(Cc1ccc(C=O)o1)C1CCCCC1. The van der Waals surface area contributed by atoms with E-state index >= 15 is 0 Å². The van der Waals surface area contributed by atoms with E-state index < -0.39 is 0 Å². The van der Waals surface area contributed by atoms with E-state index in [2.05, 4.69) is 11.9 Å². The second-order valence-corrected chi connectivity index (χ2v) is 4.63. The van der Waals surface area contributed by atoms with E-state index in [-0.39, 0.29) is 0 Å². The summed E-state index contributed by atoms with van der Waals surface area (Å²) in [5.74, 6) is 1.31. The van der Waals surface area contributed by atoms with Crippen molar-refractivity contribution in [2.75, 3.05) is 7.05 Å². The standard InChI is InChI=1S/C13H19NO2/c1-14(11-5-3-2-4-6-11)9-12-7-8-13(10-15)16-12/h7-8,10-11H,2-6,9H2,1H3. The lowest BCUT2D eigenvalue weighted by atomic mass is 9.94. The van der Waals surface area contributed by atoms with Gasteiger partial charge < -0.3 is 4.42 Å². The van der Waals surface area contributed by atoms with E-state index in [1.54, 1.807) is 6.07 Å². The highest BCUT2D eigenvalue weighted by Gasteiger charge is 2.18. The molecule has 0 saturated heterocycles. The highest BCUT2D eigenvalue weighted by Crippen LogP contribution is 2.23. The molecule has 1 saturated carbocycles. The molecule has 0 N–H and O–H groups in total. The first-order chi connectivity index (χ1) is 7.79. The molecule has 1 aliphatic rings. The molecule has 0 amide bonds. The van der Waals surface area contributed by atoms with Crippen LogP contribution < -0.4 is 0 Å². The Bertz CT molecular complexity index is 339. The van der Waals surface area contributed by atoms with E-state index in [9.17, 15) is 4.79 Å². The summed E-state index contributed by atoms with van der Waals surface area (Å²) in [6.07, 6.45) is 7.39. The smallest absolute Gasteiger partial charge is 0.185 e. The molecule has 3 nitrogen and oxygen atoms in total. The van der Waals surface area contributed by atoms with Crippen molar-refractivity contribution in [2.45, 2.75) is 44.7 Å². The summed E-state index contributed by atoms with van der Waals surface area (Å²) in [6, 6.07) is 4.30. The molecule has 0 unspecified atom stereocenters. The maximum absolute atomic E-state index is 10.5. The van der Waals surface area contributed by atoms with Gasteiger partial charge in [0.05, 0.1) is 6.54 Å². The Morgan fingerprint density at radius 1 is 1.38 bits per heavy atom.